The fourth-order valence-electron chi connectivity index (χ4n) is 1.84. The number of aromatic nitrogens is 1. The Hall–Kier alpha value is -2.36. The molecule has 0 radical (unpaired) electrons. The lowest BCUT2D eigenvalue weighted by Crippen LogP contribution is -2.12. The Morgan fingerprint density at radius 1 is 1.17 bits per heavy atom. The minimum Gasteiger partial charge on any atom is -0.384 e. The van der Waals surface area contributed by atoms with Crippen molar-refractivity contribution in [3.05, 3.63) is 53.2 Å². The third-order valence-electron chi connectivity index (χ3n) is 2.52. The average Bonchev–Trinajstić information content (AvgIpc) is 2.27. The van der Waals surface area contributed by atoms with E-state index in [2.05, 4.69) is 16.4 Å². The fraction of sp³-hybridized carbons (Fsp3) is 0.143. The Balaban J connectivity index is 2.21. The van der Waals surface area contributed by atoms with Gasteiger partial charge in [0.1, 0.15) is 5.82 Å². The highest BCUT2D eigenvalue weighted by Gasteiger charge is 2.07. The minimum absolute atomic E-state index is 0.186. The molecule has 18 heavy (non-hydrogen) atoms. The molecule has 0 aliphatic carbocycles. The zero-order valence-electron chi connectivity index (χ0n) is 10.4. The summed E-state index contributed by atoms with van der Waals surface area (Å²) in [5.74, 6) is 0.150. The van der Waals surface area contributed by atoms with Gasteiger partial charge in [-0.3, -0.25) is 4.79 Å². The number of carbonyl (C=O) groups is 1. The van der Waals surface area contributed by atoms with E-state index in [-0.39, 0.29) is 5.91 Å². The highest BCUT2D eigenvalue weighted by atomic mass is 16.1. The lowest BCUT2D eigenvalue weighted by molar-refractivity contribution is 0.102. The van der Waals surface area contributed by atoms with Crippen LogP contribution in [0.4, 0.5) is 11.5 Å². The molecule has 0 fully saturated rings. The molecule has 0 aliphatic heterocycles. The van der Waals surface area contributed by atoms with Gasteiger partial charge in [-0.1, -0.05) is 6.07 Å². The molecule has 4 nitrogen and oxygen atoms in total. The molecule has 0 saturated carbocycles. The van der Waals surface area contributed by atoms with Crippen molar-refractivity contribution >= 4 is 17.4 Å². The molecule has 0 aliphatic rings. The largest absolute Gasteiger partial charge is 0.384 e. The molecule has 0 spiro atoms. The molecular weight excluding hydrogens is 226 g/mol. The van der Waals surface area contributed by atoms with E-state index in [1.54, 1.807) is 12.1 Å². The Bertz CT molecular complexity index is 573. The Morgan fingerprint density at radius 2 is 1.83 bits per heavy atom. The second-order valence-corrected chi connectivity index (χ2v) is 4.30. The Kier molecular flexibility index (Phi) is 3.28. The first-order valence-electron chi connectivity index (χ1n) is 5.66. The number of pyridine rings is 1. The highest BCUT2D eigenvalue weighted by molar-refractivity contribution is 6.04. The van der Waals surface area contributed by atoms with Gasteiger partial charge in [-0.15, -0.1) is 0 Å². The van der Waals surface area contributed by atoms with Gasteiger partial charge in [0.25, 0.3) is 5.91 Å². The maximum atomic E-state index is 12.0. The summed E-state index contributed by atoms with van der Waals surface area (Å²) in [6.45, 7) is 3.99. The van der Waals surface area contributed by atoms with E-state index in [0.29, 0.717) is 11.4 Å². The smallest absolute Gasteiger partial charge is 0.255 e. The quantitative estimate of drug-likeness (QED) is 0.849. The number of nitrogen functional groups attached to an aromatic ring is 1. The molecule has 3 N–H and O–H groups in total. The van der Waals surface area contributed by atoms with E-state index >= 15 is 0 Å². The molecule has 4 heteroatoms. The standard InChI is InChI=1S/C14H15N3O/c1-9-5-10(2)7-12(6-9)17-14(18)11-3-4-16-13(15)8-11/h3-8H,1-2H3,(H2,15,16)(H,17,18). The van der Waals surface area contributed by atoms with Crippen LogP contribution in [0.3, 0.4) is 0 Å². The molecular formula is C14H15N3O. The molecule has 2 rings (SSSR count). The van der Waals surface area contributed by atoms with Gasteiger partial charge in [0.05, 0.1) is 0 Å². The highest BCUT2D eigenvalue weighted by Crippen LogP contribution is 2.15. The molecule has 1 amide bonds. The number of benzene rings is 1. The van der Waals surface area contributed by atoms with Gasteiger partial charge in [0.2, 0.25) is 0 Å². The van der Waals surface area contributed by atoms with Crippen LogP contribution in [0.15, 0.2) is 36.5 Å². The van der Waals surface area contributed by atoms with Crippen LogP contribution in [0.5, 0.6) is 0 Å². The lowest BCUT2D eigenvalue weighted by Gasteiger charge is -2.07. The predicted molar refractivity (Wildman–Crippen MR) is 72.5 cm³/mol. The number of rotatable bonds is 2. The van der Waals surface area contributed by atoms with Gasteiger partial charge in [-0.25, -0.2) is 4.98 Å². The van der Waals surface area contributed by atoms with Crippen LogP contribution in [0, 0.1) is 13.8 Å². The SMILES string of the molecule is Cc1cc(C)cc(NC(=O)c2ccnc(N)c2)c1. The van der Waals surface area contributed by atoms with Gasteiger partial charge in [-0.05, 0) is 49.2 Å². The summed E-state index contributed by atoms with van der Waals surface area (Å²) in [7, 11) is 0. The van der Waals surface area contributed by atoms with E-state index in [9.17, 15) is 4.79 Å². The normalized spacial score (nSPS) is 10.1. The zero-order valence-corrected chi connectivity index (χ0v) is 10.4. The summed E-state index contributed by atoms with van der Waals surface area (Å²) >= 11 is 0. The van der Waals surface area contributed by atoms with E-state index < -0.39 is 0 Å². The van der Waals surface area contributed by atoms with Crippen molar-refractivity contribution in [1.82, 2.24) is 4.98 Å². The van der Waals surface area contributed by atoms with E-state index in [0.717, 1.165) is 16.8 Å². The van der Waals surface area contributed by atoms with Crippen LogP contribution in [0.2, 0.25) is 0 Å². The molecule has 1 aromatic heterocycles. The summed E-state index contributed by atoms with van der Waals surface area (Å²) in [4.78, 5) is 15.8. The summed E-state index contributed by atoms with van der Waals surface area (Å²) in [6.07, 6.45) is 1.52. The minimum atomic E-state index is -0.186. The summed E-state index contributed by atoms with van der Waals surface area (Å²) < 4.78 is 0. The van der Waals surface area contributed by atoms with Crippen molar-refractivity contribution in [3.63, 3.8) is 0 Å². The summed E-state index contributed by atoms with van der Waals surface area (Å²) in [5.41, 5.74) is 9.05. The van der Waals surface area contributed by atoms with Crippen LogP contribution >= 0.6 is 0 Å². The van der Waals surface area contributed by atoms with Gasteiger partial charge in [0, 0.05) is 17.4 Å². The van der Waals surface area contributed by atoms with Crippen LogP contribution in [0.25, 0.3) is 0 Å². The van der Waals surface area contributed by atoms with E-state index in [1.165, 1.54) is 6.20 Å². The second-order valence-electron chi connectivity index (χ2n) is 4.30. The summed E-state index contributed by atoms with van der Waals surface area (Å²) in [6, 6.07) is 9.09. The van der Waals surface area contributed by atoms with Gasteiger partial charge in [0.15, 0.2) is 0 Å². The second kappa shape index (κ2) is 4.87. The number of amides is 1. The van der Waals surface area contributed by atoms with E-state index in [4.69, 9.17) is 5.73 Å². The van der Waals surface area contributed by atoms with Crippen molar-refractivity contribution < 1.29 is 4.79 Å². The average molecular weight is 241 g/mol. The fourth-order valence-corrected chi connectivity index (χ4v) is 1.84. The Morgan fingerprint density at radius 3 is 2.44 bits per heavy atom. The van der Waals surface area contributed by atoms with E-state index in [1.807, 2.05) is 26.0 Å². The molecule has 1 heterocycles. The molecule has 0 unspecified atom stereocenters. The van der Waals surface area contributed by atoms with Crippen molar-refractivity contribution in [3.8, 4) is 0 Å². The first-order chi connectivity index (χ1) is 8.54. The van der Waals surface area contributed by atoms with Crippen molar-refractivity contribution in [2.24, 2.45) is 0 Å². The third-order valence-corrected chi connectivity index (χ3v) is 2.52. The molecule has 0 atom stereocenters. The zero-order chi connectivity index (χ0) is 13.1. The van der Waals surface area contributed by atoms with Crippen molar-refractivity contribution in [2.75, 3.05) is 11.1 Å². The number of anilines is 2. The van der Waals surface area contributed by atoms with Crippen LogP contribution in [0.1, 0.15) is 21.5 Å². The van der Waals surface area contributed by atoms with Crippen LogP contribution < -0.4 is 11.1 Å². The topological polar surface area (TPSA) is 68.0 Å². The number of nitrogens with two attached hydrogens (primary N) is 1. The number of nitrogens with one attached hydrogen (secondary N) is 1. The maximum absolute atomic E-state index is 12.0. The first-order valence-corrected chi connectivity index (χ1v) is 5.66. The third kappa shape index (κ3) is 2.85. The predicted octanol–water partition coefficient (Wildman–Crippen LogP) is 2.53. The van der Waals surface area contributed by atoms with Gasteiger partial charge in [-0.2, -0.15) is 0 Å². The van der Waals surface area contributed by atoms with Crippen molar-refractivity contribution in [1.29, 1.82) is 0 Å². The number of aryl methyl sites for hydroxylation is 2. The van der Waals surface area contributed by atoms with Gasteiger partial charge >= 0.3 is 0 Å². The van der Waals surface area contributed by atoms with Crippen LogP contribution in [-0.2, 0) is 0 Å². The molecule has 0 saturated heterocycles. The monoisotopic (exact) mass is 241 g/mol. The number of hydrogen-bond donors (Lipinski definition) is 2. The molecule has 0 bridgehead atoms. The molecule has 1 aromatic carbocycles. The first kappa shape index (κ1) is 12.1. The number of hydrogen-bond acceptors (Lipinski definition) is 3. The number of nitrogens with zero attached hydrogens (tertiary/aromatic N) is 1. The van der Waals surface area contributed by atoms with Crippen molar-refractivity contribution in [2.45, 2.75) is 13.8 Å². The molecule has 2 aromatic rings. The maximum Gasteiger partial charge on any atom is 0.255 e. The van der Waals surface area contributed by atoms with Gasteiger partial charge < -0.3 is 11.1 Å². The lowest BCUT2D eigenvalue weighted by atomic mass is 10.1. The van der Waals surface area contributed by atoms with Crippen LogP contribution in [-0.4, -0.2) is 10.9 Å². The number of carbonyl (C=O) groups excluding carboxylic acids is 1. The Labute approximate surface area is 106 Å². The summed E-state index contributed by atoms with van der Waals surface area (Å²) in [5, 5.41) is 2.84. The molecule has 92 valence electrons.